The molecular weight excluding hydrogens is 312 g/mol. The Balaban J connectivity index is 1.97. The number of nitrogens with one attached hydrogen (secondary N) is 1. The largest absolute Gasteiger partial charge is 0.480 e. The number of fused-ring (bicyclic) bond motifs is 2. The lowest BCUT2D eigenvalue weighted by Crippen LogP contribution is -2.44. The first kappa shape index (κ1) is 13.0. The highest BCUT2D eigenvalue weighted by molar-refractivity contribution is 9.10. The second-order valence-corrected chi connectivity index (χ2v) is 5.91. The molecule has 3 rings (SSSR count). The summed E-state index contributed by atoms with van der Waals surface area (Å²) in [4.78, 5) is 15.1. The normalized spacial score (nSPS) is 32.7. The summed E-state index contributed by atoms with van der Waals surface area (Å²) in [6.45, 7) is 0.593. The van der Waals surface area contributed by atoms with Crippen molar-refractivity contribution in [3.8, 4) is 0 Å². The number of hydrogen-bond acceptors (Lipinski definition) is 4. The third-order valence-electron chi connectivity index (χ3n) is 4.10. The number of ether oxygens (including phenoxy) is 1. The summed E-state index contributed by atoms with van der Waals surface area (Å²) in [5, 5.41) is 12.3. The maximum atomic E-state index is 10.9. The molecule has 0 radical (unpaired) electrons. The molecular formula is C13H15BrN2O3. The van der Waals surface area contributed by atoms with E-state index in [2.05, 4.69) is 26.2 Å². The zero-order valence-electron chi connectivity index (χ0n) is 10.3. The molecule has 19 heavy (non-hydrogen) atoms. The van der Waals surface area contributed by atoms with E-state index in [9.17, 15) is 4.79 Å². The molecule has 6 heteroatoms. The number of carbonyl (C=O) groups is 1. The number of carboxylic acids is 1. The number of nitrogens with zero attached hydrogens (tertiary/aromatic N) is 1. The Bertz CT molecular complexity index is 510. The van der Waals surface area contributed by atoms with Gasteiger partial charge in [-0.05, 0) is 34.8 Å². The number of aromatic nitrogens is 1. The molecule has 0 aromatic carbocycles. The SMILES string of the molecule is O=C(O)COC1(c2cccnc2Br)CC2CC1CN2. The van der Waals surface area contributed by atoms with Gasteiger partial charge in [0.05, 0.1) is 0 Å². The summed E-state index contributed by atoms with van der Waals surface area (Å²) in [7, 11) is 0. The van der Waals surface area contributed by atoms with Crippen LogP contribution in [0.5, 0.6) is 0 Å². The van der Waals surface area contributed by atoms with E-state index < -0.39 is 11.6 Å². The number of halogens is 1. The van der Waals surface area contributed by atoms with Crippen molar-refractivity contribution in [1.29, 1.82) is 0 Å². The van der Waals surface area contributed by atoms with E-state index in [1.807, 2.05) is 12.1 Å². The van der Waals surface area contributed by atoms with E-state index >= 15 is 0 Å². The number of carboxylic acid groups (broad SMARTS) is 1. The molecule has 0 amide bonds. The van der Waals surface area contributed by atoms with Crippen molar-refractivity contribution in [3.63, 3.8) is 0 Å². The smallest absolute Gasteiger partial charge is 0.329 e. The molecule has 2 fully saturated rings. The number of pyridine rings is 1. The highest BCUT2D eigenvalue weighted by Crippen LogP contribution is 2.50. The van der Waals surface area contributed by atoms with Gasteiger partial charge >= 0.3 is 5.97 Å². The summed E-state index contributed by atoms with van der Waals surface area (Å²) >= 11 is 3.46. The second kappa shape index (κ2) is 4.85. The predicted octanol–water partition coefficient (Wildman–Crippen LogP) is 1.52. The van der Waals surface area contributed by atoms with Gasteiger partial charge in [-0.25, -0.2) is 9.78 Å². The van der Waals surface area contributed by atoms with Crippen LogP contribution in [0.4, 0.5) is 0 Å². The molecule has 2 aliphatic rings. The Morgan fingerprint density at radius 2 is 2.53 bits per heavy atom. The van der Waals surface area contributed by atoms with Crippen molar-refractivity contribution >= 4 is 21.9 Å². The van der Waals surface area contributed by atoms with Gasteiger partial charge in [0.25, 0.3) is 0 Å². The fourth-order valence-electron chi connectivity index (χ4n) is 3.34. The molecule has 0 spiro atoms. The van der Waals surface area contributed by atoms with Crippen molar-refractivity contribution in [2.75, 3.05) is 13.2 Å². The standard InChI is InChI=1S/C13H15BrN2O3/c14-12-10(2-1-3-15-12)13(19-7-11(17)18)5-9-4-8(13)6-16-9/h1-3,8-9,16H,4-7H2,(H,17,18). The van der Waals surface area contributed by atoms with Crippen molar-refractivity contribution in [2.24, 2.45) is 5.92 Å². The maximum absolute atomic E-state index is 10.9. The number of piperidine rings is 1. The highest BCUT2D eigenvalue weighted by Gasteiger charge is 2.54. The molecule has 1 saturated heterocycles. The van der Waals surface area contributed by atoms with E-state index in [4.69, 9.17) is 9.84 Å². The van der Waals surface area contributed by atoms with Gasteiger partial charge in [-0.1, -0.05) is 6.07 Å². The molecule has 102 valence electrons. The first-order valence-corrected chi connectivity index (χ1v) is 7.11. The van der Waals surface area contributed by atoms with Crippen LogP contribution in [-0.2, 0) is 15.1 Å². The molecule has 1 aromatic rings. The van der Waals surface area contributed by atoms with E-state index in [1.54, 1.807) is 6.20 Å². The molecule has 1 aromatic heterocycles. The van der Waals surface area contributed by atoms with E-state index in [-0.39, 0.29) is 6.61 Å². The molecule has 3 atom stereocenters. The van der Waals surface area contributed by atoms with Gasteiger partial charge < -0.3 is 15.2 Å². The molecule has 2 N–H and O–H groups in total. The predicted molar refractivity (Wildman–Crippen MR) is 71.7 cm³/mol. The minimum atomic E-state index is -0.935. The number of rotatable bonds is 4. The molecule has 3 unspecified atom stereocenters. The molecule has 1 aliphatic carbocycles. The van der Waals surface area contributed by atoms with Gasteiger partial charge in [-0.3, -0.25) is 0 Å². The van der Waals surface area contributed by atoms with Crippen LogP contribution in [0, 0.1) is 5.92 Å². The van der Waals surface area contributed by atoms with Crippen LogP contribution >= 0.6 is 15.9 Å². The van der Waals surface area contributed by atoms with Crippen molar-refractivity contribution in [1.82, 2.24) is 10.3 Å². The summed E-state index contributed by atoms with van der Waals surface area (Å²) in [6, 6.07) is 4.25. The lowest BCUT2D eigenvalue weighted by molar-refractivity contribution is -0.155. The van der Waals surface area contributed by atoms with Gasteiger partial charge in [0, 0.05) is 30.3 Å². The van der Waals surface area contributed by atoms with Gasteiger partial charge in [0.1, 0.15) is 16.8 Å². The van der Waals surface area contributed by atoms with Crippen LogP contribution in [0.1, 0.15) is 18.4 Å². The Kier molecular flexibility index (Phi) is 3.32. The third-order valence-corrected chi connectivity index (χ3v) is 4.73. The molecule has 1 aliphatic heterocycles. The van der Waals surface area contributed by atoms with Gasteiger partial charge in [-0.2, -0.15) is 0 Å². The van der Waals surface area contributed by atoms with Crippen LogP contribution in [0.2, 0.25) is 0 Å². The zero-order valence-corrected chi connectivity index (χ0v) is 11.9. The fraction of sp³-hybridized carbons (Fsp3) is 0.538. The summed E-state index contributed by atoms with van der Waals surface area (Å²) in [5.74, 6) is -0.632. The topological polar surface area (TPSA) is 71.5 Å². The summed E-state index contributed by atoms with van der Waals surface area (Å²) in [5.41, 5.74) is 0.437. The molecule has 1 saturated carbocycles. The lowest BCUT2D eigenvalue weighted by Gasteiger charge is -2.38. The number of aliphatic carboxylic acids is 1. The summed E-state index contributed by atoms with van der Waals surface area (Å²) < 4.78 is 6.59. The van der Waals surface area contributed by atoms with Crippen LogP contribution in [0.15, 0.2) is 22.9 Å². The Morgan fingerprint density at radius 3 is 3.11 bits per heavy atom. The van der Waals surface area contributed by atoms with Gasteiger partial charge in [0.15, 0.2) is 0 Å². The molecule has 2 heterocycles. The molecule has 2 bridgehead atoms. The van der Waals surface area contributed by atoms with Crippen molar-refractivity contribution < 1.29 is 14.6 Å². The van der Waals surface area contributed by atoms with Crippen LogP contribution in [0.3, 0.4) is 0 Å². The van der Waals surface area contributed by atoms with E-state index in [0.717, 1.165) is 29.6 Å². The Hall–Kier alpha value is -0.980. The zero-order chi connectivity index (χ0) is 13.5. The maximum Gasteiger partial charge on any atom is 0.329 e. The van der Waals surface area contributed by atoms with Gasteiger partial charge in [0.2, 0.25) is 0 Å². The highest BCUT2D eigenvalue weighted by atomic mass is 79.9. The average Bonchev–Trinajstić information content (AvgIpc) is 2.98. The minimum Gasteiger partial charge on any atom is -0.480 e. The first-order chi connectivity index (χ1) is 9.12. The minimum absolute atomic E-state index is 0.273. The van der Waals surface area contributed by atoms with Crippen LogP contribution < -0.4 is 5.32 Å². The second-order valence-electron chi connectivity index (χ2n) is 5.16. The van der Waals surface area contributed by atoms with Crippen molar-refractivity contribution in [2.45, 2.75) is 24.5 Å². The Morgan fingerprint density at radius 1 is 1.68 bits per heavy atom. The summed E-state index contributed by atoms with van der Waals surface area (Å²) in [6.07, 6.45) is 3.54. The molecule has 5 nitrogen and oxygen atoms in total. The van der Waals surface area contributed by atoms with Crippen LogP contribution in [0.25, 0.3) is 0 Å². The van der Waals surface area contributed by atoms with Gasteiger partial charge in [-0.15, -0.1) is 0 Å². The quantitative estimate of drug-likeness (QED) is 0.821. The third kappa shape index (κ3) is 2.17. The fourth-order valence-corrected chi connectivity index (χ4v) is 3.93. The van der Waals surface area contributed by atoms with E-state index in [0.29, 0.717) is 12.0 Å². The first-order valence-electron chi connectivity index (χ1n) is 6.32. The lowest BCUT2D eigenvalue weighted by atomic mass is 9.83. The average molecular weight is 327 g/mol. The van der Waals surface area contributed by atoms with Crippen LogP contribution in [-0.4, -0.2) is 35.3 Å². The Labute approximate surface area is 119 Å². The monoisotopic (exact) mass is 326 g/mol. The van der Waals surface area contributed by atoms with E-state index in [1.165, 1.54) is 0 Å². The number of hydrogen-bond donors (Lipinski definition) is 2. The van der Waals surface area contributed by atoms with Crippen molar-refractivity contribution in [3.05, 3.63) is 28.5 Å².